The Morgan fingerprint density at radius 1 is 0.769 bits per heavy atom. The van der Waals surface area contributed by atoms with Crippen LogP contribution in [0.25, 0.3) is 0 Å². The largest absolute Gasteiger partial charge is 0.291 e. The van der Waals surface area contributed by atoms with Crippen LogP contribution in [-0.4, -0.2) is 42.6 Å². The number of nitrogens with zero attached hydrogens (tertiary/aromatic N) is 2. The molecule has 0 atom stereocenters. The standard InChI is InChI=1S/C11H26N2/c1-5-9-10-13(8-4)11-12(6-2)7-3/h5-11H2,1-4H3. The summed E-state index contributed by atoms with van der Waals surface area (Å²) in [5, 5.41) is 0. The van der Waals surface area contributed by atoms with Crippen molar-refractivity contribution < 1.29 is 0 Å². The van der Waals surface area contributed by atoms with Crippen molar-refractivity contribution in [2.24, 2.45) is 0 Å². The highest BCUT2D eigenvalue weighted by Gasteiger charge is 2.05. The minimum absolute atomic E-state index is 1.14. The molecule has 0 aromatic heterocycles. The van der Waals surface area contributed by atoms with Gasteiger partial charge in [0, 0.05) is 0 Å². The van der Waals surface area contributed by atoms with E-state index in [9.17, 15) is 0 Å². The quantitative estimate of drug-likeness (QED) is 0.537. The second-order valence-electron chi connectivity index (χ2n) is 3.51. The van der Waals surface area contributed by atoms with E-state index in [4.69, 9.17) is 0 Å². The summed E-state index contributed by atoms with van der Waals surface area (Å²) in [5.74, 6) is 0. The second kappa shape index (κ2) is 8.52. The van der Waals surface area contributed by atoms with Gasteiger partial charge in [-0.15, -0.1) is 0 Å². The molecule has 2 heteroatoms. The highest BCUT2D eigenvalue weighted by atomic mass is 15.3. The van der Waals surface area contributed by atoms with Crippen molar-refractivity contribution in [2.75, 3.05) is 32.8 Å². The van der Waals surface area contributed by atoms with Crippen LogP contribution in [-0.2, 0) is 0 Å². The lowest BCUT2D eigenvalue weighted by molar-refractivity contribution is 0.145. The van der Waals surface area contributed by atoms with Crippen molar-refractivity contribution in [1.82, 2.24) is 9.80 Å². The Kier molecular flexibility index (Phi) is 8.46. The van der Waals surface area contributed by atoms with E-state index in [1.54, 1.807) is 0 Å². The Morgan fingerprint density at radius 3 is 1.69 bits per heavy atom. The van der Waals surface area contributed by atoms with E-state index in [0.29, 0.717) is 0 Å². The van der Waals surface area contributed by atoms with E-state index in [1.807, 2.05) is 0 Å². The number of unbranched alkanes of at least 4 members (excludes halogenated alkanes) is 1. The smallest absolute Gasteiger partial charge is 0.0505 e. The summed E-state index contributed by atoms with van der Waals surface area (Å²) >= 11 is 0. The lowest BCUT2D eigenvalue weighted by atomic mass is 10.3. The van der Waals surface area contributed by atoms with Crippen molar-refractivity contribution >= 4 is 0 Å². The maximum Gasteiger partial charge on any atom is 0.0505 e. The maximum absolute atomic E-state index is 2.52. The molecule has 80 valence electrons. The zero-order valence-corrected chi connectivity index (χ0v) is 9.84. The van der Waals surface area contributed by atoms with Gasteiger partial charge >= 0.3 is 0 Å². The predicted octanol–water partition coefficient (Wildman–Crippen LogP) is 2.41. The van der Waals surface area contributed by atoms with E-state index in [1.165, 1.54) is 39.0 Å². The molecule has 0 amide bonds. The molecule has 0 aromatic carbocycles. The monoisotopic (exact) mass is 186 g/mol. The molecule has 0 spiro atoms. The van der Waals surface area contributed by atoms with Crippen LogP contribution < -0.4 is 0 Å². The van der Waals surface area contributed by atoms with E-state index < -0.39 is 0 Å². The minimum Gasteiger partial charge on any atom is -0.291 e. The summed E-state index contributed by atoms with van der Waals surface area (Å²) in [7, 11) is 0. The maximum atomic E-state index is 2.52. The van der Waals surface area contributed by atoms with Gasteiger partial charge in [0.15, 0.2) is 0 Å². The normalized spacial score (nSPS) is 11.5. The third-order valence-electron chi connectivity index (χ3n) is 2.57. The summed E-state index contributed by atoms with van der Waals surface area (Å²) in [5.41, 5.74) is 0. The van der Waals surface area contributed by atoms with Crippen LogP contribution in [0.5, 0.6) is 0 Å². The first kappa shape index (κ1) is 12.9. The second-order valence-corrected chi connectivity index (χ2v) is 3.51. The molecule has 0 aliphatic carbocycles. The van der Waals surface area contributed by atoms with Gasteiger partial charge in [0.1, 0.15) is 0 Å². The molecular formula is C11H26N2. The molecule has 0 unspecified atom stereocenters. The van der Waals surface area contributed by atoms with Gasteiger partial charge in [-0.05, 0) is 32.6 Å². The van der Waals surface area contributed by atoms with Crippen LogP contribution in [0.1, 0.15) is 40.5 Å². The molecule has 0 aliphatic rings. The lowest BCUT2D eigenvalue weighted by Gasteiger charge is -2.27. The predicted molar refractivity (Wildman–Crippen MR) is 59.9 cm³/mol. The van der Waals surface area contributed by atoms with Gasteiger partial charge in [-0.25, -0.2) is 0 Å². The third-order valence-corrected chi connectivity index (χ3v) is 2.57. The van der Waals surface area contributed by atoms with E-state index in [0.717, 1.165) is 6.67 Å². The van der Waals surface area contributed by atoms with Crippen molar-refractivity contribution in [2.45, 2.75) is 40.5 Å². The molecule has 0 rings (SSSR count). The molecule has 2 nitrogen and oxygen atoms in total. The highest BCUT2D eigenvalue weighted by molar-refractivity contribution is 4.56. The first-order valence-electron chi connectivity index (χ1n) is 5.73. The average Bonchev–Trinajstić information content (AvgIpc) is 2.19. The number of rotatable bonds is 8. The van der Waals surface area contributed by atoms with Crippen molar-refractivity contribution in [3.05, 3.63) is 0 Å². The number of hydrogen-bond acceptors (Lipinski definition) is 2. The molecule has 0 N–H and O–H groups in total. The van der Waals surface area contributed by atoms with E-state index in [-0.39, 0.29) is 0 Å². The van der Waals surface area contributed by atoms with Crippen molar-refractivity contribution in [3.63, 3.8) is 0 Å². The molecule has 0 fully saturated rings. The first-order chi connectivity index (χ1) is 6.28. The summed E-state index contributed by atoms with van der Waals surface area (Å²) in [6.45, 7) is 14.9. The Hall–Kier alpha value is -0.0800. The molecule has 0 aromatic rings. The lowest BCUT2D eigenvalue weighted by Crippen LogP contribution is -2.38. The van der Waals surface area contributed by atoms with Gasteiger partial charge in [0.25, 0.3) is 0 Å². The summed E-state index contributed by atoms with van der Waals surface area (Å²) < 4.78 is 0. The topological polar surface area (TPSA) is 6.48 Å². The van der Waals surface area contributed by atoms with Crippen LogP contribution in [0.3, 0.4) is 0 Å². The fourth-order valence-electron chi connectivity index (χ4n) is 1.42. The molecule has 0 saturated carbocycles. The van der Waals surface area contributed by atoms with Gasteiger partial charge in [-0.2, -0.15) is 0 Å². The van der Waals surface area contributed by atoms with Gasteiger partial charge < -0.3 is 0 Å². The molecule has 0 saturated heterocycles. The fourth-order valence-corrected chi connectivity index (χ4v) is 1.42. The molecule has 0 radical (unpaired) electrons. The van der Waals surface area contributed by atoms with E-state index >= 15 is 0 Å². The van der Waals surface area contributed by atoms with Crippen molar-refractivity contribution in [1.29, 1.82) is 0 Å². The van der Waals surface area contributed by atoms with Crippen LogP contribution in [0, 0.1) is 0 Å². The van der Waals surface area contributed by atoms with Crippen LogP contribution in [0.15, 0.2) is 0 Å². The summed E-state index contributed by atoms with van der Waals surface area (Å²) in [4.78, 5) is 5.00. The SMILES string of the molecule is CCCCN(CC)CN(CC)CC. The van der Waals surface area contributed by atoms with Crippen molar-refractivity contribution in [3.8, 4) is 0 Å². The highest BCUT2D eigenvalue weighted by Crippen LogP contribution is 1.97. The summed E-state index contributed by atoms with van der Waals surface area (Å²) in [6.07, 6.45) is 2.63. The van der Waals surface area contributed by atoms with Gasteiger partial charge in [0.2, 0.25) is 0 Å². The molecule has 0 heterocycles. The minimum atomic E-state index is 1.14. The van der Waals surface area contributed by atoms with Crippen LogP contribution in [0.2, 0.25) is 0 Å². The Bertz CT molecular complexity index is 100. The molecular weight excluding hydrogens is 160 g/mol. The van der Waals surface area contributed by atoms with Gasteiger partial charge in [-0.3, -0.25) is 9.80 Å². The fraction of sp³-hybridized carbons (Fsp3) is 1.00. The zero-order valence-electron chi connectivity index (χ0n) is 9.84. The average molecular weight is 186 g/mol. The number of hydrogen-bond donors (Lipinski definition) is 0. The van der Waals surface area contributed by atoms with E-state index in [2.05, 4.69) is 37.5 Å². The molecule has 0 bridgehead atoms. The Balaban J connectivity index is 3.67. The van der Waals surface area contributed by atoms with Gasteiger partial charge in [0.05, 0.1) is 6.67 Å². The molecule has 0 aliphatic heterocycles. The van der Waals surface area contributed by atoms with Gasteiger partial charge in [-0.1, -0.05) is 34.1 Å². The Morgan fingerprint density at radius 2 is 1.31 bits per heavy atom. The zero-order chi connectivity index (χ0) is 10.1. The van der Waals surface area contributed by atoms with Crippen LogP contribution in [0.4, 0.5) is 0 Å². The Labute approximate surface area is 83.9 Å². The third kappa shape index (κ3) is 6.05. The van der Waals surface area contributed by atoms with Crippen LogP contribution >= 0.6 is 0 Å². The molecule has 13 heavy (non-hydrogen) atoms. The first-order valence-corrected chi connectivity index (χ1v) is 5.73. The summed E-state index contributed by atoms with van der Waals surface area (Å²) in [6, 6.07) is 0.